The van der Waals surface area contributed by atoms with Crippen LogP contribution in [-0.4, -0.2) is 34.5 Å². The molecule has 0 bridgehead atoms. The highest BCUT2D eigenvalue weighted by Crippen LogP contribution is 2.25. The van der Waals surface area contributed by atoms with E-state index in [1.54, 1.807) is 0 Å². The lowest BCUT2D eigenvalue weighted by molar-refractivity contribution is -0.144. The smallest absolute Gasteiger partial charge is 0.254 e. The van der Waals surface area contributed by atoms with Gasteiger partial charge in [-0.25, -0.2) is 0 Å². The van der Waals surface area contributed by atoms with Gasteiger partial charge in [0, 0.05) is 24.3 Å². The average molecular weight is 267 g/mol. The Morgan fingerprint density at radius 3 is 2.05 bits per heavy atom. The number of hydrogen-bond acceptors (Lipinski definition) is 3. The van der Waals surface area contributed by atoms with Crippen LogP contribution in [0.5, 0.6) is 0 Å². The topological polar surface area (TPSA) is 46.6 Å². The van der Waals surface area contributed by atoms with Crippen LogP contribution in [0.3, 0.4) is 0 Å². The second kappa shape index (κ2) is 5.87. The van der Waals surface area contributed by atoms with Gasteiger partial charge in [-0.05, 0) is 40.5 Å². The third kappa shape index (κ3) is 4.16. The van der Waals surface area contributed by atoms with Crippen molar-refractivity contribution < 1.29 is 14.3 Å². The van der Waals surface area contributed by atoms with Gasteiger partial charge < -0.3 is 4.74 Å². The Bertz CT molecular complexity index is 365. The molecule has 0 radical (unpaired) electrons. The van der Waals surface area contributed by atoms with E-state index in [9.17, 15) is 9.59 Å². The predicted octanol–water partition coefficient (Wildman–Crippen LogP) is 2.68. The van der Waals surface area contributed by atoms with Crippen molar-refractivity contribution in [2.24, 2.45) is 0 Å². The zero-order valence-corrected chi connectivity index (χ0v) is 12.7. The average Bonchev–Trinajstić information content (AvgIpc) is 2.58. The third-order valence-electron chi connectivity index (χ3n) is 3.47. The molecule has 1 aliphatic heterocycles. The summed E-state index contributed by atoms with van der Waals surface area (Å²) in [7, 11) is 0. The van der Waals surface area contributed by atoms with Crippen LogP contribution in [-0.2, 0) is 14.3 Å². The second-order valence-corrected chi connectivity index (χ2v) is 6.27. The molecule has 0 atom stereocenters. The number of ether oxygens (including phenoxy) is 1. The third-order valence-corrected chi connectivity index (χ3v) is 3.47. The van der Waals surface area contributed by atoms with E-state index < -0.39 is 5.54 Å². The van der Waals surface area contributed by atoms with Crippen LogP contribution in [0.1, 0.15) is 53.9 Å². The van der Waals surface area contributed by atoms with Crippen LogP contribution in [0, 0.1) is 0 Å². The second-order valence-electron chi connectivity index (χ2n) is 6.27. The van der Waals surface area contributed by atoms with Crippen molar-refractivity contribution in [3.8, 4) is 0 Å². The largest absolute Gasteiger partial charge is 0.375 e. The summed E-state index contributed by atoms with van der Waals surface area (Å²) in [5, 5.41) is 0. The fourth-order valence-electron chi connectivity index (χ4n) is 2.36. The highest BCUT2D eigenvalue weighted by Gasteiger charge is 2.37. The molecule has 0 spiro atoms. The number of carbonyl (C=O) groups is 2. The highest BCUT2D eigenvalue weighted by molar-refractivity contribution is 6.13. The van der Waals surface area contributed by atoms with E-state index >= 15 is 0 Å². The minimum absolute atomic E-state index is 0.151. The fraction of sp³-hybridized carbons (Fsp3) is 0.733. The van der Waals surface area contributed by atoms with E-state index in [0.717, 1.165) is 12.8 Å². The van der Waals surface area contributed by atoms with Gasteiger partial charge >= 0.3 is 0 Å². The molecule has 0 saturated carbocycles. The molecule has 0 aromatic rings. The molecule has 108 valence electrons. The lowest BCUT2D eigenvalue weighted by atomic mass is 9.98. The summed E-state index contributed by atoms with van der Waals surface area (Å²) in [6, 6.07) is 0. The van der Waals surface area contributed by atoms with Gasteiger partial charge in [-0.3, -0.25) is 14.5 Å². The Balaban J connectivity index is 2.52. The summed E-state index contributed by atoms with van der Waals surface area (Å²) >= 11 is 0. The zero-order chi connectivity index (χ0) is 14.7. The van der Waals surface area contributed by atoms with Crippen LogP contribution in [0.4, 0.5) is 0 Å². The predicted molar refractivity (Wildman–Crippen MR) is 74.6 cm³/mol. The minimum atomic E-state index is -0.514. The number of hydrogen-bond donors (Lipinski definition) is 0. The summed E-state index contributed by atoms with van der Waals surface area (Å²) in [4.78, 5) is 24.7. The summed E-state index contributed by atoms with van der Waals surface area (Å²) in [6.45, 7) is 10.6. The Morgan fingerprint density at radius 1 is 1.05 bits per heavy atom. The van der Waals surface area contributed by atoms with E-state index in [0.29, 0.717) is 13.0 Å². The number of amides is 2. The first-order valence-corrected chi connectivity index (χ1v) is 6.90. The lowest BCUT2D eigenvalue weighted by Crippen LogP contribution is -2.48. The molecule has 4 heteroatoms. The van der Waals surface area contributed by atoms with Gasteiger partial charge in [0.05, 0.1) is 5.60 Å². The first-order valence-electron chi connectivity index (χ1n) is 6.90. The van der Waals surface area contributed by atoms with Gasteiger partial charge in [-0.2, -0.15) is 0 Å². The minimum Gasteiger partial charge on any atom is -0.375 e. The Labute approximate surface area is 115 Å². The molecule has 0 unspecified atom stereocenters. The molecule has 0 aromatic carbocycles. The SMILES string of the molecule is CCCC(C)(C)OCCC(C)(C)N1C(=O)C=CC1=O. The van der Waals surface area contributed by atoms with Gasteiger partial charge in [-0.1, -0.05) is 13.3 Å². The van der Waals surface area contributed by atoms with Crippen molar-refractivity contribution in [2.75, 3.05) is 6.61 Å². The van der Waals surface area contributed by atoms with Gasteiger partial charge in [0.2, 0.25) is 0 Å². The van der Waals surface area contributed by atoms with E-state index in [1.165, 1.54) is 17.1 Å². The summed E-state index contributed by atoms with van der Waals surface area (Å²) < 4.78 is 5.87. The summed E-state index contributed by atoms with van der Waals surface area (Å²) in [5.74, 6) is -0.467. The molecule has 1 rings (SSSR count). The number of carbonyl (C=O) groups excluding carboxylic acids is 2. The molecule has 0 aliphatic carbocycles. The van der Waals surface area contributed by atoms with Gasteiger partial charge in [0.25, 0.3) is 11.8 Å². The molecular formula is C15H25NO3. The molecular weight excluding hydrogens is 242 g/mol. The Hall–Kier alpha value is -1.16. The van der Waals surface area contributed by atoms with Gasteiger partial charge in [0.1, 0.15) is 0 Å². The van der Waals surface area contributed by atoms with Crippen molar-refractivity contribution in [1.29, 1.82) is 0 Å². The maximum atomic E-state index is 11.7. The van der Waals surface area contributed by atoms with Crippen molar-refractivity contribution in [3.05, 3.63) is 12.2 Å². The normalized spacial score (nSPS) is 16.6. The molecule has 0 saturated heterocycles. The van der Waals surface area contributed by atoms with Crippen molar-refractivity contribution in [3.63, 3.8) is 0 Å². The first kappa shape index (κ1) is 15.9. The van der Waals surface area contributed by atoms with E-state index in [-0.39, 0.29) is 17.4 Å². The van der Waals surface area contributed by atoms with Crippen LogP contribution in [0.2, 0.25) is 0 Å². The summed E-state index contributed by atoms with van der Waals surface area (Å²) in [5.41, 5.74) is -0.665. The monoisotopic (exact) mass is 267 g/mol. The zero-order valence-electron chi connectivity index (χ0n) is 12.7. The van der Waals surface area contributed by atoms with Crippen LogP contribution in [0.15, 0.2) is 12.2 Å². The Morgan fingerprint density at radius 2 is 1.58 bits per heavy atom. The van der Waals surface area contributed by atoms with Crippen molar-refractivity contribution in [2.45, 2.75) is 65.0 Å². The maximum absolute atomic E-state index is 11.7. The molecule has 1 heterocycles. The lowest BCUT2D eigenvalue weighted by Gasteiger charge is -2.35. The molecule has 4 nitrogen and oxygen atoms in total. The van der Waals surface area contributed by atoms with E-state index in [2.05, 4.69) is 20.8 Å². The maximum Gasteiger partial charge on any atom is 0.254 e. The number of imide groups is 1. The van der Waals surface area contributed by atoms with Crippen LogP contribution < -0.4 is 0 Å². The molecule has 0 aromatic heterocycles. The fourth-order valence-corrected chi connectivity index (χ4v) is 2.36. The van der Waals surface area contributed by atoms with Gasteiger partial charge in [-0.15, -0.1) is 0 Å². The highest BCUT2D eigenvalue weighted by atomic mass is 16.5. The molecule has 0 N–H and O–H groups in total. The van der Waals surface area contributed by atoms with Crippen molar-refractivity contribution in [1.82, 2.24) is 4.90 Å². The standard InChI is InChI=1S/C15H25NO3/c1-6-9-15(4,5)19-11-10-14(2,3)16-12(17)7-8-13(16)18/h7-8H,6,9-11H2,1-5H3. The number of rotatable bonds is 7. The van der Waals surface area contributed by atoms with Crippen molar-refractivity contribution >= 4 is 11.8 Å². The van der Waals surface area contributed by atoms with Crippen LogP contribution in [0.25, 0.3) is 0 Å². The number of nitrogens with zero attached hydrogens (tertiary/aromatic N) is 1. The molecule has 1 aliphatic rings. The molecule has 2 amide bonds. The summed E-state index contributed by atoms with van der Waals surface area (Å²) in [6.07, 6.45) is 5.36. The Kier molecular flexibility index (Phi) is 4.91. The quantitative estimate of drug-likeness (QED) is 0.666. The van der Waals surface area contributed by atoms with Gasteiger partial charge in [0.15, 0.2) is 0 Å². The van der Waals surface area contributed by atoms with Crippen LogP contribution >= 0.6 is 0 Å². The van der Waals surface area contributed by atoms with E-state index in [4.69, 9.17) is 4.74 Å². The van der Waals surface area contributed by atoms with E-state index in [1.807, 2.05) is 13.8 Å². The first-order chi connectivity index (χ1) is 8.69. The molecule has 0 fully saturated rings. The molecule has 19 heavy (non-hydrogen) atoms.